The molecule has 2 aromatic carbocycles. The second kappa shape index (κ2) is 9.50. The fraction of sp³-hybridized carbons (Fsp3) is 0.263. The van der Waals surface area contributed by atoms with Gasteiger partial charge in [0.05, 0.1) is 12.0 Å². The van der Waals surface area contributed by atoms with Gasteiger partial charge in [-0.05, 0) is 30.7 Å². The quantitative estimate of drug-likeness (QED) is 0.578. The minimum absolute atomic E-state index is 0.0207. The van der Waals surface area contributed by atoms with E-state index in [0.29, 0.717) is 6.07 Å². The van der Waals surface area contributed by atoms with Crippen LogP contribution >= 0.6 is 0 Å². The number of aryl methyl sites for hydroxylation is 1. The summed E-state index contributed by atoms with van der Waals surface area (Å²) in [5, 5.41) is 2.38. The largest absolute Gasteiger partial charge is 0.490 e. The molecule has 5 nitrogen and oxygen atoms in total. The molecule has 0 radical (unpaired) electrons. The molecule has 0 saturated heterocycles. The number of carbonyl (C=O) groups excluding carboxylic acids is 2. The van der Waals surface area contributed by atoms with Crippen LogP contribution in [0.15, 0.2) is 42.5 Å². The van der Waals surface area contributed by atoms with E-state index in [2.05, 4.69) is 5.32 Å². The molecular formula is C19H19F2NO4. The molecule has 2 rings (SSSR count). The lowest BCUT2D eigenvalue weighted by Gasteiger charge is -2.10. The fourth-order valence-corrected chi connectivity index (χ4v) is 2.14. The minimum atomic E-state index is -0.960. The number of ether oxygens (including phenoxy) is 2. The van der Waals surface area contributed by atoms with Crippen LogP contribution in [0.4, 0.5) is 8.78 Å². The topological polar surface area (TPSA) is 64.6 Å². The first-order valence-corrected chi connectivity index (χ1v) is 8.04. The van der Waals surface area contributed by atoms with E-state index in [0.717, 1.165) is 23.4 Å². The molecule has 0 atom stereocenters. The first kappa shape index (κ1) is 19.4. The van der Waals surface area contributed by atoms with E-state index in [9.17, 15) is 18.4 Å². The van der Waals surface area contributed by atoms with Crippen molar-refractivity contribution in [2.45, 2.75) is 13.3 Å². The van der Waals surface area contributed by atoms with Gasteiger partial charge in [0, 0.05) is 12.6 Å². The van der Waals surface area contributed by atoms with Crippen LogP contribution in [-0.4, -0.2) is 31.6 Å². The van der Waals surface area contributed by atoms with E-state index in [1.165, 1.54) is 0 Å². The summed E-state index contributed by atoms with van der Waals surface area (Å²) in [6.45, 7) is 2.18. The van der Waals surface area contributed by atoms with Crippen LogP contribution in [0.5, 0.6) is 5.75 Å². The lowest BCUT2D eigenvalue weighted by atomic mass is 10.2. The van der Waals surface area contributed by atoms with Gasteiger partial charge < -0.3 is 14.8 Å². The Hall–Kier alpha value is -2.96. The zero-order valence-electron chi connectivity index (χ0n) is 14.3. The van der Waals surface area contributed by atoms with Gasteiger partial charge in [0.25, 0.3) is 5.91 Å². The van der Waals surface area contributed by atoms with Crippen molar-refractivity contribution in [2.24, 2.45) is 0 Å². The summed E-state index contributed by atoms with van der Waals surface area (Å²) in [4.78, 5) is 23.4. The summed E-state index contributed by atoms with van der Waals surface area (Å²) in [7, 11) is 0. The lowest BCUT2D eigenvalue weighted by molar-refractivity contribution is -0.144. The molecule has 7 heteroatoms. The average molecular weight is 363 g/mol. The van der Waals surface area contributed by atoms with Crippen LogP contribution in [-0.2, 0) is 9.53 Å². The maximum absolute atomic E-state index is 13.5. The molecule has 26 heavy (non-hydrogen) atoms. The molecular weight excluding hydrogens is 344 g/mol. The number of esters is 1. The molecule has 0 saturated carbocycles. The number of nitrogens with one attached hydrogen (secondary N) is 1. The van der Waals surface area contributed by atoms with E-state index in [1.54, 1.807) is 0 Å². The Morgan fingerprint density at radius 3 is 2.58 bits per heavy atom. The monoisotopic (exact) mass is 363 g/mol. The van der Waals surface area contributed by atoms with Crippen molar-refractivity contribution in [3.05, 3.63) is 65.2 Å². The first-order valence-electron chi connectivity index (χ1n) is 8.04. The number of halogens is 2. The Morgan fingerprint density at radius 2 is 1.85 bits per heavy atom. The maximum atomic E-state index is 13.5. The van der Waals surface area contributed by atoms with Gasteiger partial charge in [0.2, 0.25) is 0 Å². The summed E-state index contributed by atoms with van der Waals surface area (Å²) < 4.78 is 36.7. The molecule has 0 bridgehead atoms. The Labute approximate surface area is 149 Å². The summed E-state index contributed by atoms with van der Waals surface area (Å²) >= 11 is 0. The number of hydrogen-bond acceptors (Lipinski definition) is 4. The number of benzene rings is 2. The Bertz CT molecular complexity index is 780. The predicted molar refractivity (Wildman–Crippen MR) is 90.9 cm³/mol. The fourth-order valence-electron chi connectivity index (χ4n) is 2.14. The third-order valence-corrected chi connectivity index (χ3v) is 3.49. The molecule has 0 aliphatic rings. The lowest BCUT2D eigenvalue weighted by Crippen LogP contribution is -2.27. The highest BCUT2D eigenvalue weighted by Gasteiger charge is 2.12. The van der Waals surface area contributed by atoms with Gasteiger partial charge in [0.15, 0.2) is 0 Å². The Morgan fingerprint density at radius 1 is 1.08 bits per heavy atom. The average Bonchev–Trinajstić information content (AvgIpc) is 2.60. The first-order chi connectivity index (χ1) is 12.5. The van der Waals surface area contributed by atoms with Crippen molar-refractivity contribution in [3.63, 3.8) is 0 Å². The molecule has 2 aromatic rings. The highest BCUT2D eigenvalue weighted by molar-refractivity contribution is 5.94. The van der Waals surface area contributed by atoms with Crippen molar-refractivity contribution >= 4 is 11.9 Å². The van der Waals surface area contributed by atoms with Gasteiger partial charge in [-0.1, -0.05) is 18.2 Å². The van der Waals surface area contributed by atoms with Crippen molar-refractivity contribution in [3.8, 4) is 5.75 Å². The highest BCUT2D eigenvalue weighted by Crippen LogP contribution is 2.15. The van der Waals surface area contributed by atoms with Crippen LogP contribution in [0.2, 0.25) is 0 Å². The third kappa shape index (κ3) is 5.84. The highest BCUT2D eigenvalue weighted by atomic mass is 19.1. The molecule has 0 fully saturated rings. The van der Waals surface area contributed by atoms with E-state index in [4.69, 9.17) is 9.47 Å². The second-order valence-corrected chi connectivity index (χ2v) is 5.46. The molecule has 0 heterocycles. The van der Waals surface area contributed by atoms with Gasteiger partial charge in [-0.15, -0.1) is 0 Å². The summed E-state index contributed by atoms with van der Waals surface area (Å²) in [5.41, 5.74) is 0.695. The molecule has 0 unspecified atom stereocenters. The maximum Gasteiger partial charge on any atom is 0.307 e. The van der Waals surface area contributed by atoms with E-state index < -0.39 is 23.5 Å². The molecule has 0 aliphatic heterocycles. The second-order valence-electron chi connectivity index (χ2n) is 5.46. The predicted octanol–water partition coefficient (Wildman–Crippen LogP) is 3.02. The van der Waals surface area contributed by atoms with Crippen LogP contribution in [0.1, 0.15) is 22.3 Å². The minimum Gasteiger partial charge on any atom is -0.490 e. The number of rotatable bonds is 8. The van der Waals surface area contributed by atoms with Crippen LogP contribution in [0.25, 0.3) is 0 Å². The van der Waals surface area contributed by atoms with Gasteiger partial charge in [-0.3, -0.25) is 9.59 Å². The van der Waals surface area contributed by atoms with Crippen molar-refractivity contribution in [2.75, 3.05) is 19.8 Å². The van der Waals surface area contributed by atoms with Gasteiger partial charge in [-0.25, -0.2) is 8.78 Å². The van der Waals surface area contributed by atoms with Gasteiger partial charge >= 0.3 is 5.97 Å². The van der Waals surface area contributed by atoms with Crippen LogP contribution in [0, 0.1) is 18.6 Å². The van der Waals surface area contributed by atoms with Crippen LogP contribution in [0.3, 0.4) is 0 Å². The molecule has 138 valence electrons. The normalized spacial score (nSPS) is 10.3. The summed E-state index contributed by atoms with van der Waals surface area (Å²) in [6.07, 6.45) is -0.0705. The van der Waals surface area contributed by atoms with E-state index in [1.807, 2.05) is 31.2 Å². The van der Waals surface area contributed by atoms with Gasteiger partial charge in [0.1, 0.15) is 30.6 Å². The standard InChI is InChI=1S/C19H19F2NO4/c1-13-4-2-3-5-17(13)25-10-11-26-18(23)8-9-22-19(24)15-7-6-14(20)12-16(15)21/h2-7,12H,8-11H2,1H3,(H,22,24). The molecule has 0 aromatic heterocycles. The molecule has 0 aliphatic carbocycles. The van der Waals surface area contributed by atoms with Crippen molar-refractivity contribution < 1.29 is 27.8 Å². The number of hydrogen-bond donors (Lipinski definition) is 1. The number of carbonyl (C=O) groups is 2. The SMILES string of the molecule is Cc1ccccc1OCCOC(=O)CCNC(=O)c1ccc(F)cc1F. The molecule has 0 spiro atoms. The molecule has 1 N–H and O–H groups in total. The zero-order chi connectivity index (χ0) is 18.9. The molecule has 1 amide bonds. The summed E-state index contributed by atoms with van der Waals surface area (Å²) in [6, 6.07) is 10.1. The van der Waals surface area contributed by atoms with Crippen molar-refractivity contribution in [1.29, 1.82) is 0 Å². The smallest absolute Gasteiger partial charge is 0.307 e. The Kier molecular flexibility index (Phi) is 7.08. The Balaban J connectivity index is 1.64. The number of amides is 1. The zero-order valence-corrected chi connectivity index (χ0v) is 14.3. The van der Waals surface area contributed by atoms with Crippen LogP contribution < -0.4 is 10.1 Å². The third-order valence-electron chi connectivity index (χ3n) is 3.49. The van der Waals surface area contributed by atoms with E-state index >= 15 is 0 Å². The van der Waals surface area contributed by atoms with E-state index in [-0.39, 0.29) is 31.7 Å². The van der Waals surface area contributed by atoms with Crippen molar-refractivity contribution in [1.82, 2.24) is 5.32 Å². The summed E-state index contributed by atoms with van der Waals surface area (Å²) in [5.74, 6) is -2.25. The van der Waals surface area contributed by atoms with Gasteiger partial charge in [-0.2, -0.15) is 0 Å². The number of para-hydroxylation sites is 1.